The lowest BCUT2D eigenvalue weighted by Gasteiger charge is -2.23. The third kappa shape index (κ3) is 5.39. The van der Waals surface area contributed by atoms with Gasteiger partial charge in [-0.1, -0.05) is 71.7 Å². The fourth-order valence-electron chi connectivity index (χ4n) is 3.38. The first-order valence-electron chi connectivity index (χ1n) is 10.2. The summed E-state index contributed by atoms with van der Waals surface area (Å²) < 4.78 is 27.7. The van der Waals surface area contributed by atoms with E-state index < -0.39 is 22.5 Å². The van der Waals surface area contributed by atoms with E-state index in [0.717, 1.165) is 20.6 Å². The Morgan fingerprint density at radius 1 is 0.882 bits per heavy atom. The predicted molar refractivity (Wildman–Crippen MR) is 137 cm³/mol. The third-order valence-corrected chi connectivity index (χ3v) is 7.28. The monoisotopic (exact) mass is 511 g/mol. The minimum atomic E-state index is -4.09. The van der Waals surface area contributed by atoms with Gasteiger partial charge in [-0.2, -0.15) is 5.10 Å². The van der Waals surface area contributed by atoms with Gasteiger partial charge in [0.05, 0.1) is 16.8 Å². The third-order valence-electron chi connectivity index (χ3n) is 5.00. The van der Waals surface area contributed by atoms with Crippen molar-refractivity contribution in [2.24, 2.45) is 5.10 Å². The van der Waals surface area contributed by atoms with E-state index in [2.05, 4.69) is 10.5 Å². The Balaban J connectivity index is 1.58. The minimum absolute atomic E-state index is 0.0102. The van der Waals surface area contributed by atoms with E-state index in [0.29, 0.717) is 10.0 Å². The molecule has 0 aliphatic carbocycles. The molecular weight excluding hydrogens is 493 g/mol. The first kappa shape index (κ1) is 23.8. The fraction of sp³-hybridized carbons (Fsp3) is 0.0400. The molecule has 6 nitrogen and oxygen atoms in total. The maximum atomic E-state index is 13.4. The molecule has 1 amide bonds. The molecule has 0 saturated carbocycles. The minimum Gasteiger partial charge on any atom is -0.271 e. The van der Waals surface area contributed by atoms with Crippen LogP contribution in [0.4, 0.5) is 5.69 Å². The van der Waals surface area contributed by atoms with Gasteiger partial charge in [-0.3, -0.25) is 9.10 Å². The van der Waals surface area contributed by atoms with Gasteiger partial charge in [-0.25, -0.2) is 13.8 Å². The van der Waals surface area contributed by atoms with Gasteiger partial charge in [-0.05, 0) is 53.2 Å². The van der Waals surface area contributed by atoms with Crippen LogP contribution >= 0.6 is 23.2 Å². The second-order valence-electron chi connectivity index (χ2n) is 7.31. The summed E-state index contributed by atoms with van der Waals surface area (Å²) in [5.41, 5.74) is 3.48. The molecule has 0 fully saturated rings. The van der Waals surface area contributed by atoms with E-state index in [4.69, 9.17) is 23.2 Å². The number of hydrogen-bond acceptors (Lipinski definition) is 4. The van der Waals surface area contributed by atoms with Crippen molar-refractivity contribution in [3.63, 3.8) is 0 Å². The number of hydrazone groups is 1. The Hall–Kier alpha value is -3.39. The van der Waals surface area contributed by atoms with Crippen LogP contribution in [-0.4, -0.2) is 27.1 Å². The molecular formula is C25H19Cl2N3O3S. The number of rotatable bonds is 7. The van der Waals surface area contributed by atoms with E-state index >= 15 is 0 Å². The quantitative estimate of drug-likeness (QED) is 0.263. The number of halogens is 2. The predicted octanol–water partition coefficient (Wildman–Crippen LogP) is 5.49. The highest BCUT2D eigenvalue weighted by atomic mass is 35.5. The highest BCUT2D eigenvalue weighted by Gasteiger charge is 2.27. The van der Waals surface area contributed by atoms with Crippen LogP contribution in [0.2, 0.25) is 10.0 Å². The van der Waals surface area contributed by atoms with Gasteiger partial charge in [0.2, 0.25) is 0 Å². The van der Waals surface area contributed by atoms with Crippen LogP contribution in [-0.2, 0) is 14.8 Å². The number of fused-ring (bicyclic) bond motifs is 1. The van der Waals surface area contributed by atoms with Crippen molar-refractivity contribution in [1.82, 2.24) is 5.43 Å². The SMILES string of the molecule is O=C(CN(c1cccc(Cl)c1)S(=O)(=O)c1ccc(Cl)cc1)N/N=C\c1cccc2ccccc12. The molecule has 0 heterocycles. The summed E-state index contributed by atoms with van der Waals surface area (Å²) in [4.78, 5) is 12.7. The normalized spacial score (nSPS) is 11.6. The second kappa shape index (κ2) is 10.3. The number of carbonyl (C=O) groups excluding carboxylic acids is 1. The van der Waals surface area contributed by atoms with Gasteiger partial charge in [0, 0.05) is 15.6 Å². The van der Waals surface area contributed by atoms with Crippen LogP contribution in [0.5, 0.6) is 0 Å². The highest BCUT2D eigenvalue weighted by molar-refractivity contribution is 7.92. The van der Waals surface area contributed by atoms with Crippen LogP contribution < -0.4 is 9.73 Å². The van der Waals surface area contributed by atoms with Crippen molar-refractivity contribution < 1.29 is 13.2 Å². The van der Waals surface area contributed by atoms with Crippen LogP contribution in [0.25, 0.3) is 10.8 Å². The number of sulfonamides is 1. The zero-order chi connectivity index (χ0) is 24.1. The van der Waals surface area contributed by atoms with Crippen LogP contribution in [0.15, 0.2) is 101 Å². The number of amides is 1. The first-order valence-corrected chi connectivity index (χ1v) is 12.4. The molecule has 34 heavy (non-hydrogen) atoms. The molecule has 0 aliphatic heterocycles. The lowest BCUT2D eigenvalue weighted by Crippen LogP contribution is -2.39. The summed E-state index contributed by atoms with van der Waals surface area (Å²) in [6.07, 6.45) is 1.53. The van der Waals surface area contributed by atoms with Crippen molar-refractivity contribution in [2.45, 2.75) is 4.90 Å². The molecule has 0 bridgehead atoms. The lowest BCUT2D eigenvalue weighted by atomic mass is 10.1. The Morgan fingerprint density at radius 3 is 2.35 bits per heavy atom. The summed E-state index contributed by atoms with van der Waals surface area (Å²) in [7, 11) is -4.09. The average molecular weight is 512 g/mol. The Kier molecular flexibility index (Phi) is 7.17. The molecule has 4 aromatic carbocycles. The summed E-state index contributed by atoms with van der Waals surface area (Å²) >= 11 is 12.0. The van der Waals surface area contributed by atoms with E-state index in [9.17, 15) is 13.2 Å². The number of nitrogens with one attached hydrogen (secondary N) is 1. The molecule has 0 spiro atoms. The number of benzene rings is 4. The van der Waals surface area contributed by atoms with E-state index in [1.807, 2.05) is 42.5 Å². The first-order chi connectivity index (χ1) is 16.3. The molecule has 9 heteroatoms. The molecule has 0 aliphatic rings. The summed E-state index contributed by atoms with van der Waals surface area (Å²) in [6.45, 7) is -0.502. The summed E-state index contributed by atoms with van der Waals surface area (Å²) in [5.74, 6) is -0.617. The van der Waals surface area contributed by atoms with Crippen molar-refractivity contribution in [3.05, 3.63) is 107 Å². The molecule has 0 aromatic heterocycles. The van der Waals surface area contributed by atoms with Crippen molar-refractivity contribution in [3.8, 4) is 0 Å². The molecule has 0 atom stereocenters. The Morgan fingerprint density at radius 2 is 1.59 bits per heavy atom. The Labute approximate surface area is 207 Å². The maximum absolute atomic E-state index is 13.4. The average Bonchev–Trinajstić information content (AvgIpc) is 2.83. The highest BCUT2D eigenvalue weighted by Crippen LogP contribution is 2.26. The number of hydrogen-bond donors (Lipinski definition) is 1. The van der Waals surface area contributed by atoms with Crippen molar-refractivity contribution >= 4 is 61.8 Å². The van der Waals surface area contributed by atoms with E-state index in [1.54, 1.807) is 18.2 Å². The van der Waals surface area contributed by atoms with Gasteiger partial charge in [0.15, 0.2) is 0 Å². The molecule has 1 N–H and O–H groups in total. The van der Waals surface area contributed by atoms with Crippen molar-refractivity contribution in [1.29, 1.82) is 0 Å². The molecule has 0 radical (unpaired) electrons. The summed E-state index contributed by atoms with van der Waals surface area (Å²) in [6, 6.07) is 25.5. The standard InChI is InChI=1S/C25H19Cl2N3O3S/c26-20-11-13-23(14-12-20)34(32,33)30(22-9-4-8-21(27)15-22)17-25(31)29-28-16-19-7-3-6-18-5-1-2-10-24(18)19/h1-16H,17H2,(H,29,31)/b28-16-. The zero-order valence-corrected chi connectivity index (χ0v) is 20.1. The van der Waals surface area contributed by atoms with Crippen LogP contribution in [0.1, 0.15) is 5.56 Å². The fourth-order valence-corrected chi connectivity index (χ4v) is 5.11. The molecule has 172 valence electrons. The van der Waals surface area contributed by atoms with Gasteiger partial charge in [0.1, 0.15) is 6.54 Å². The molecule has 4 aromatic rings. The van der Waals surface area contributed by atoms with Gasteiger partial charge >= 0.3 is 0 Å². The molecule has 0 unspecified atom stereocenters. The van der Waals surface area contributed by atoms with Crippen LogP contribution in [0.3, 0.4) is 0 Å². The Bertz CT molecular complexity index is 1470. The molecule has 4 rings (SSSR count). The van der Waals surface area contributed by atoms with Gasteiger partial charge in [0.25, 0.3) is 15.9 Å². The largest absolute Gasteiger partial charge is 0.271 e. The topological polar surface area (TPSA) is 78.8 Å². The smallest absolute Gasteiger partial charge is 0.264 e. The van der Waals surface area contributed by atoms with Crippen LogP contribution in [0, 0.1) is 0 Å². The van der Waals surface area contributed by atoms with E-state index in [1.165, 1.54) is 36.5 Å². The van der Waals surface area contributed by atoms with Crippen molar-refractivity contribution in [2.75, 3.05) is 10.8 Å². The van der Waals surface area contributed by atoms with Gasteiger partial charge < -0.3 is 0 Å². The van der Waals surface area contributed by atoms with E-state index in [-0.39, 0.29) is 10.6 Å². The zero-order valence-electron chi connectivity index (χ0n) is 17.7. The molecule has 0 saturated heterocycles. The maximum Gasteiger partial charge on any atom is 0.264 e. The lowest BCUT2D eigenvalue weighted by molar-refractivity contribution is -0.119. The summed E-state index contributed by atoms with van der Waals surface area (Å²) in [5, 5.41) is 6.79. The second-order valence-corrected chi connectivity index (χ2v) is 10.0. The number of carbonyl (C=O) groups is 1. The van der Waals surface area contributed by atoms with Gasteiger partial charge in [-0.15, -0.1) is 0 Å². The number of nitrogens with zero attached hydrogens (tertiary/aromatic N) is 2. The number of anilines is 1.